The van der Waals surface area contributed by atoms with E-state index in [2.05, 4.69) is 13.8 Å². The van der Waals surface area contributed by atoms with Crippen LogP contribution in [-0.4, -0.2) is 8.42 Å². The molecule has 3 aromatic carbocycles. The third-order valence-electron chi connectivity index (χ3n) is 5.31. The normalized spacial score (nSPS) is 16.8. The maximum absolute atomic E-state index is 12.8. The lowest BCUT2D eigenvalue weighted by Gasteiger charge is -2.29. The Bertz CT molecular complexity index is 1020. The second-order valence-corrected chi connectivity index (χ2v) is 8.33. The van der Waals surface area contributed by atoms with Gasteiger partial charge in [0.25, 0.3) is 10.1 Å². The van der Waals surface area contributed by atoms with Gasteiger partial charge >= 0.3 is 0 Å². The average Bonchev–Trinajstić information content (AvgIpc) is 2.97. The van der Waals surface area contributed by atoms with Crippen LogP contribution in [0.25, 0.3) is 0 Å². The number of fused-ring (bicyclic) bond motifs is 1. The predicted molar refractivity (Wildman–Crippen MR) is 106 cm³/mol. The van der Waals surface area contributed by atoms with E-state index >= 15 is 0 Å². The van der Waals surface area contributed by atoms with E-state index in [1.165, 1.54) is 11.1 Å². The summed E-state index contributed by atoms with van der Waals surface area (Å²) in [6.45, 7) is 4.19. The first-order chi connectivity index (χ1) is 13.0. The molecule has 3 nitrogen and oxygen atoms in total. The SMILES string of the molecule is CCc1ccc(C2(c3ccc(CC)cc3)OS(=O)(=O)c3ccccc32)cc1. The Morgan fingerprint density at radius 1 is 0.741 bits per heavy atom. The number of rotatable bonds is 4. The fourth-order valence-corrected chi connectivity index (χ4v) is 5.18. The minimum absolute atomic E-state index is 0.240. The van der Waals surface area contributed by atoms with Crippen molar-refractivity contribution in [3.8, 4) is 0 Å². The van der Waals surface area contributed by atoms with Crippen LogP contribution in [0.2, 0.25) is 0 Å². The lowest BCUT2D eigenvalue weighted by Crippen LogP contribution is -2.29. The maximum Gasteiger partial charge on any atom is 0.298 e. The van der Waals surface area contributed by atoms with Crippen LogP contribution < -0.4 is 0 Å². The van der Waals surface area contributed by atoms with Crippen LogP contribution in [0.4, 0.5) is 0 Å². The summed E-state index contributed by atoms with van der Waals surface area (Å²) in [5.74, 6) is 0. The first kappa shape index (κ1) is 18.0. The highest BCUT2D eigenvalue weighted by molar-refractivity contribution is 7.87. The third-order valence-corrected chi connectivity index (χ3v) is 6.67. The number of hydrogen-bond donors (Lipinski definition) is 0. The lowest BCUT2D eigenvalue weighted by atomic mass is 9.80. The summed E-state index contributed by atoms with van der Waals surface area (Å²) in [6.07, 6.45) is 1.85. The summed E-state index contributed by atoms with van der Waals surface area (Å²) >= 11 is 0. The standard InChI is InChI=1S/C23H22O3S/c1-3-17-9-13-19(14-10-17)23(20-15-11-18(4-2)12-16-20)21-7-5-6-8-22(21)27(24,25)26-23/h5-16H,3-4H2,1-2H3. The molecule has 0 spiro atoms. The second-order valence-electron chi connectivity index (χ2n) is 6.82. The second kappa shape index (κ2) is 6.63. The Kier molecular flexibility index (Phi) is 4.41. The smallest absolute Gasteiger partial charge is 0.245 e. The molecule has 0 N–H and O–H groups in total. The molecule has 0 aromatic heterocycles. The minimum Gasteiger partial charge on any atom is -0.245 e. The van der Waals surface area contributed by atoms with Gasteiger partial charge in [-0.1, -0.05) is 80.6 Å². The number of hydrogen-bond acceptors (Lipinski definition) is 3. The van der Waals surface area contributed by atoms with E-state index in [1.54, 1.807) is 12.1 Å². The largest absolute Gasteiger partial charge is 0.298 e. The van der Waals surface area contributed by atoms with Gasteiger partial charge in [-0.25, -0.2) is 4.18 Å². The van der Waals surface area contributed by atoms with Gasteiger partial charge in [0.2, 0.25) is 0 Å². The van der Waals surface area contributed by atoms with E-state index in [9.17, 15) is 8.42 Å². The Hall–Kier alpha value is -2.43. The minimum atomic E-state index is -3.84. The molecule has 0 bridgehead atoms. The fourth-order valence-electron chi connectivity index (χ4n) is 3.75. The molecule has 3 aromatic rings. The van der Waals surface area contributed by atoms with Crippen LogP contribution >= 0.6 is 0 Å². The summed E-state index contributed by atoms with van der Waals surface area (Å²) in [4.78, 5) is 0.240. The van der Waals surface area contributed by atoms with E-state index < -0.39 is 15.7 Å². The molecule has 1 heterocycles. The highest BCUT2D eigenvalue weighted by Crippen LogP contribution is 2.50. The van der Waals surface area contributed by atoms with Crippen molar-refractivity contribution in [1.82, 2.24) is 0 Å². The molecule has 0 amide bonds. The average molecular weight is 378 g/mol. The van der Waals surface area contributed by atoms with Crippen molar-refractivity contribution in [1.29, 1.82) is 0 Å². The number of benzene rings is 3. The first-order valence-corrected chi connectivity index (χ1v) is 10.7. The van der Waals surface area contributed by atoms with E-state index in [-0.39, 0.29) is 4.90 Å². The predicted octanol–water partition coefficient (Wildman–Crippen LogP) is 4.82. The van der Waals surface area contributed by atoms with Gasteiger partial charge in [0, 0.05) is 5.56 Å². The van der Waals surface area contributed by atoms with E-state index in [0.717, 1.165) is 24.0 Å². The molecule has 1 aliphatic rings. The molecular weight excluding hydrogens is 356 g/mol. The van der Waals surface area contributed by atoms with Crippen molar-refractivity contribution >= 4 is 10.1 Å². The van der Waals surface area contributed by atoms with Crippen LogP contribution in [0.1, 0.15) is 41.7 Å². The van der Waals surface area contributed by atoms with Gasteiger partial charge in [-0.2, -0.15) is 8.42 Å². The fraction of sp³-hybridized carbons (Fsp3) is 0.217. The first-order valence-electron chi connectivity index (χ1n) is 9.25. The topological polar surface area (TPSA) is 43.4 Å². The van der Waals surface area contributed by atoms with E-state index in [0.29, 0.717) is 5.56 Å². The van der Waals surface area contributed by atoms with Gasteiger partial charge in [0.05, 0.1) is 0 Å². The molecule has 0 saturated carbocycles. The summed E-state index contributed by atoms with van der Waals surface area (Å²) in [7, 11) is -3.84. The van der Waals surface area contributed by atoms with Crippen LogP contribution in [0.3, 0.4) is 0 Å². The molecule has 0 atom stereocenters. The quantitative estimate of drug-likeness (QED) is 0.611. The molecule has 4 rings (SSSR count). The summed E-state index contributed by atoms with van der Waals surface area (Å²) < 4.78 is 31.6. The summed E-state index contributed by atoms with van der Waals surface area (Å²) in [5, 5.41) is 0. The highest BCUT2D eigenvalue weighted by atomic mass is 32.2. The zero-order valence-electron chi connectivity index (χ0n) is 15.5. The molecule has 1 aliphatic heterocycles. The zero-order valence-corrected chi connectivity index (χ0v) is 16.3. The van der Waals surface area contributed by atoms with Crippen LogP contribution in [0.15, 0.2) is 77.7 Å². The monoisotopic (exact) mass is 378 g/mol. The molecule has 0 unspecified atom stereocenters. The van der Waals surface area contributed by atoms with Crippen molar-refractivity contribution in [2.75, 3.05) is 0 Å². The van der Waals surface area contributed by atoms with E-state index in [4.69, 9.17) is 4.18 Å². The molecule has 0 radical (unpaired) electrons. The van der Waals surface area contributed by atoms with Gasteiger partial charge in [-0.3, -0.25) is 0 Å². The van der Waals surface area contributed by atoms with Crippen molar-refractivity contribution in [3.63, 3.8) is 0 Å². The molecule has 4 heteroatoms. The van der Waals surface area contributed by atoms with Crippen molar-refractivity contribution < 1.29 is 12.6 Å². The van der Waals surface area contributed by atoms with Gasteiger partial charge in [0.15, 0.2) is 5.60 Å². The molecule has 0 aliphatic carbocycles. The van der Waals surface area contributed by atoms with Gasteiger partial charge in [-0.05, 0) is 41.2 Å². The number of aryl methyl sites for hydroxylation is 2. The Morgan fingerprint density at radius 3 is 1.70 bits per heavy atom. The van der Waals surface area contributed by atoms with Crippen molar-refractivity contribution in [2.45, 2.75) is 37.2 Å². The molecule has 0 fully saturated rings. The Morgan fingerprint density at radius 2 is 1.22 bits per heavy atom. The van der Waals surface area contributed by atoms with Crippen LogP contribution in [0.5, 0.6) is 0 Å². The molecule has 138 valence electrons. The van der Waals surface area contributed by atoms with Crippen LogP contribution in [-0.2, 0) is 32.7 Å². The lowest BCUT2D eigenvalue weighted by molar-refractivity contribution is 0.180. The zero-order chi connectivity index (χ0) is 19.1. The summed E-state index contributed by atoms with van der Waals surface area (Å²) in [5.41, 5.74) is 3.54. The highest BCUT2D eigenvalue weighted by Gasteiger charge is 2.51. The Labute approximate surface area is 160 Å². The maximum atomic E-state index is 12.8. The molecule has 27 heavy (non-hydrogen) atoms. The van der Waals surface area contributed by atoms with E-state index in [1.807, 2.05) is 60.7 Å². The van der Waals surface area contributed by atoms with Crippen LogP contribution in [0, 0.1) is 0 Å². The van der Waals surface area contributed by atoms with Crippen molar-refractivity contribution in [2.24, 2.45) is 0 Å². The molecule has 0 saturated heterocycles. The third kappa shape index (κ3) is 2.80. The summed E-state index contributed by atoms with van der Waals surface area (Å²) in [6, 6.07) is 23.1. The van der Waals surface area contributed by atoms with Gasteiger partial charge in [0.1, 0.15) is 4.90 Å². The Balaban J connectivity index is 2.01. The van der Waals surface area contributed by atoms with Gasteiger partial charge in [-0.15, -0.1) is 0 Å². The van der Waals surface area contributed by atoms with Crippen molar-refractivity contribution in [3.05, 3.63) is 101 Å². The molecular formula is C23H22O3S. The van der Waals surface area contributed by atoms with Gasteiger partial charge < -0.3 is 0 Å².